The summed E-state index contributed by atoms with van der Waals surface area (Å²) in [7, 11) is 0. The van der Waals surface area contributed by atoms with Crippen LogP contribution in [0.15, 0.2) is 29.2 Å². The zero-order valence-electron chi connectivity index (χ0n) is 11.8. The number of nitrogens with one attached hydrogen (secondary N) is 1. The SMILES string of the molecule is O=CN1C(F)=C(Cl)C(Nc2cc([N+](=O)[O-])ccc2[N+](=O)[O-])N(Cl)C1F. The summed E-state index contributed by atoms with van der Waals surface area (Å²) in [6.45, 7) is 0. The Morgan fingerprint density at radius 3 is 2.44 bits per heavy atom. The third kappa shape index (κ3) is 3.45. The number of nitrogens with zero attached hydrogens (tertiary/aromatic N) is 4. The summed E-state index contributed by atoms with van der Waals surface area (Å²) in [4.78, 5) is 30.8. The molecule has 1 heterocycles. The van der Waals surface area contributed by atoms with Gasteiger partial charge in [0.1, 0.15) is 16.9 Å². The van der Waals surface area contributed by atoms with Crippen LogP contribution in [0.5, 0.6) is 0 Å². The van der Waals surface area contributed by atoms with Crippen LogP contribution in [0.2, 0.25) is 0 Å². The molecule has 1 aromatic rings. The van der Waals surface area contributed by atoms with Gasteiger partial charge in [-0.25, -0.2) is 9.29 Å². The molecule has 1 amide bonds. The number of hydrogen-bond donors (Lipinski definition) is 1. The summed E-state index contributed by atoms with van der Waals surface area (Å²) < 4.78 is 28.1. The summed E-state index contributed by atoms with van der Waals surface area (Å²) in [5, 5.41) is 23.3. The fourth-order valence-corrected chi connectivity index (χ4v) is 2.51. The summed E-state index contributed by atoms with van der Waals surface area (Å²) in [6.07, 6.45) is -4.34. The summed E-state index contributed by atoms with van der Waals surface area (Å²) in [5.41, 5.74) is -1.58. The van der Waals surface area contributed by atoms with Gasteiger partial charge in [-0.15, -0.1) is 4.42 Å². The second-order valence-corrected chi connectivity index (χ2v) is 5.37. The van der Waals surface area contributed by atoms with E-state index < -0.39 is 50.5 Å². The Hall–Kier alpha value is -2.57. The van der Waals surface area contributed by atoms with Gasteiger partial charge in [-0.3, -0.25) is 25.0 Å². The molecule has 1 aliphatic rings. The fraction of sp³-hybridized carbons (Fsp3) is 0.182. The Kier molecular flexibility index (Phi) is 5.35. The van der Waals surface area contributed by atoms with Crippen LogP contribution in [-0.4, -0.2) is 38.2 Å². The smallest absolute Gasteiger partial charge is 0.292 e. The van der Waals surface area contributed by atoms with Crippen molar-refractivity contribution in [2.24, 2.45) is 0 Å². The van der Waals surface area contributed by atoms with Crippen LogP contribution in [0.1, 0.15) is 0 Å². The van der Waals surface area contributed by atoms with Crippen molar-refractivity contribution in [1.82, 2.24) is 9.32 Å². The third-order valence-corrected chi connectivity index (χ3v) is 3.86. The number of alkyl halides is 1. The molecule has 0 fully saturated rings. The zero-order valence-corrected chi connectivity index (χ0v) is 13.3. The predicted molar refractivity (Wildman–Crippen MR) is 81.6 cm³/mol. The number of benzene rings is 1. The number of amides is 1. The van der Waals surface area contributed by atoms with Crippen LogP contribution in [0.3, 0.4) is 0 Å². The van der Waals surface area contributed by atoms with Crippen LogP contribution in [0.25, 0.3) is 0 Å². The Labute approximate surface area is 147 Å². The van der Waals surface area contributed by atoms with E-state index in [1.165, 1.54) is 0 Å². The van der Waals surface area contributed by atoms with Crippen molar-refractivity contribution < 1.29 is 23.4 Å². The number of nitro groups is 2. The first kappa shape index (κ1) is 18.8. The van der Waals surface area contributed by atoms with Crippen LogP contribution in [0, 0.1) is 20.2 Å². The Morgan fingerprint density at radius 1 is 1.28 bits per heavy atom. The van der Waals surface area contributed by atoms with Gasteiger partial charge < -0.3 is 5.32 Å². The van der Waals surface area contributed by atoms with Crippen molar-refractivity contribution in [3.05, 3.63) is 49.4 Å². The first-order valence-corrected chi connectivity index (χ1v) is 6.97. The molecule has 1 aromatic carbocycles. The molecule has 25 heavy (non-hydrogen) atoms. The second kappa shape index (κ2) is 7.13. The summed E-state index contributed by atoms with van der Waals surface area (Å²) in [6, 6.07) is 2.50. The van der Waals surface area contributed by atoms with Gasteiger partial charge in [-0.2, -0.15) is 4.39 Å². The van der Waals surface area contributed by atoms with Gasteiger partial charge in [0.2, 0.25) is 12.4 Å². The molecular formula is C11H7Cl2F2N5O5. The molecule has 14 heteroatoms. The average Bonchev–Trinajstić information content (AvgIpc) is 2.57. The van der Waals surface area contributed by atoms with Gasteiger partial charge in [0.25, 0.3) is 17.8 Å². The summed E-state index contributed by atoms with van der Waals surface area (Å²) in [5.74, 6) is -1.47. The lowest BCUT2D eigenvalue weighted by atomic mass is 10.2. The van der Waals surface area contributed by atoms with E-state index in [4.69, 9.17) is 23.4 Å². The largest absolute Gasteiger partial charge is 0.358 e. The highest BCUT2D eigenvalue weighted by Gasteiger charge is 2.41. The van der Waals surface area contributed by atoms with Crippen LogP contribution < -0.4 is 5.32 Å². The lowest BCUT2D eigenvalue weighted by molar-refractivity contribution is -0.388. The maximum absolute atomic E-state index is 14.0. The van der Waals surface area contributed by atoms with E-state index in [0.29, 0.717) is 0 Å². The maximum Gasteiger partial charge on any atom is 0.292 e. The molecule has 0 radical (unpaired) electrons. The monoisotopic (exact) mass is 397 g/mol. The maximum atomic E-state index is 14.0. The first-order chi connectivity index (χ1) is 11.7. The normalized spacial score (nSPS) is 21.2. The number of carbonyl (C=O) groups is 1. The predicted octanol–water partition coefficient (Wildman–Crippen LogP) is 2.80. The third-order valence-electron chi connectivity index (χ3n) is 3.14. The lowest BCUT2D eigenvalue weighted by Crippen LogP contribution is -2.51. The van der Waals surface area contributed by atoms with E-state index in [9.17, 15) is 33.8 Å². The van der Waals surface area contributed by atoms with Crippen molar-refractivity contribution in [1.29, 1.82) is 0 Å². The summed E-state index contributed by atoms with van der Waals surface area (Å²) >= 11 is 11.4. The van der Waals surface area contributed by atoms with E-state index in [1.54, 1.807) is 0 Å². The highest BCUT2D eigenvalue weighted by atomic mass is 35.5. The van der Waals surface area contributed by atoms with Crippen molar-refractivity contribution in [2.75, 3.05) is 5.32 Å². The van der Waals surface area contributed by atoms with Gasteiger partial charge in [-0.1, -0.05) is 11.6 Å². The van der Waals surface area contributed by atoms with E-state index in [2.05, 4.69) is 5.32 Å². The van der Waals surface area contributed by atoms with E-state index in [0.717, 1.165) is 18.2 Å². The number of hydrogen-bond acceptors (Lipinski definition) is 7. The molecule has 1 N–H and O–H groups in total. The van der Waals surface area contributed by atoms with Crippen molar-refractivity contribution >= 4 is 46.8 Å². The highest BCUT2D eigenvalue weighted by molar-refractivity contribution is 6.31. The van der Waals surface area contributed by atoms with Crippen LogP contribution in [-0.2, 0) is 4.79 Å². The standard InChI is InChI=1S/C11H7Cl2F2N5O5/c12-8-9(14)17(4-21)11(15)18(13)10(8)16-6-3-5(19(22)23)1-2-7(6)20(24)25/h1-4,10-11,16H. The van der Waals surface area contributed by atoms with Crippen LogP contribution in [0.4, 0.5) is 25.8 Å². The molecule has 0 spiro atoms. The van der Waals surface area contributed by atoms with Gasteiger partial charge >= 0.3 is 0 Å². The van der Waals surface area contributed by atoms with E-state index >= 15 is 0 Å². The molecule has 0 aromatic heterocycles. The molecule has 0 aliphatic carbocycles. The average molecular weight is 398 g/mol. The number of anilines is 1. The highest BCUT2D eigenvalue weighted by Crippen LogP contribution is 2.36. The van der Waals surface area contributed by atoms with E-state index in [-0.39, 0.29) is 15.7 Å². The number of non-ortho nitro benzene ring substituents is 1. The molecule has 10 nitrogen and oxygen atoms in total. The van der Waals surface area contributed by atoms with Crippen LogP contribution >= 0.6 is 23.4 Å². The molecule has 1 aliphatic heterocycles. The minimum absolute atomic E-state index is 0.0463. The van der Waals surface area contributed by atoms with Crippen molar-refractivity contribution in [3.63, 3.8) is 0 Å². The zero-order chi connectivity index (χ0) is 18.9. The topological polar surface area (TPSA) is 122 Å². The van der Waals surface area contributed by atoms with Gasteiger partial charge in [-0.05, 0) is 11.8 Å². The Bertz CT molecular complexity index is 779. The number of nitro benzene ring substituents is 2. The molecule has 134 valence electrons. The molecule has 2 rings (SSSR count). The first-order valence-electron chi connectivity index (χ1n) is 6.25. The molecule has 0 saturated heterocycles. The van der Waals surface area contributed by atoms with Gasteiger partial charge in [0, 0.05) is 18.2 Å². The number of halogens is 4. The Balaban J connectivity index is 2.49. The van der Waals surface area contributed by atoms with Gasteiger partial charge in [0.05, 0.1) is 9.85 Å². The molecule has 2 atom stereocenters. The van der Waals surface area contributed by atoms with E-state index in [1.807, 2.05) is 0 Å². The fourth-order valence-electron chi connectivity index (χ4n) is 1.96. The minimum atomic E-state index is -2.48. The Morgan fingerprint density at radius 2 is 1.92 bits per heavy atom. The molecular weight excluding hydrogens is 391 g/mol. The minimum Gasteiger partial charge on any atom is -0.358 e. The van der Waals surface area contributed by atoms with Crippen molar-refractivity contribution in [3.8, 4) is 0 Å². The number of rotatable bonds is 5. The molecule has 0 saturated carbocycles. The second-order valence-electron chi connectivity index (χ2n) is 4.57. The quantitative estimate of drug-likeness (QED) is 0.266. The van der Waals surface area contributed by atoms with Gasteiger partial charge in [0.15, 0.2) is 0 Å². The lowest BCUT2D eigenvalue weighted by Gasteiger charge is -2.37. The number of carbonyl (C=O) groups excluding carboxylic acids is 1. The molecule has 2 unspecified atom stereocenters. The van der Waals surface area contributed by atoms with Crippen molar-refractivity contribution in [2.45, 2.75) is 12.6 Å². The molecule has 0 bridgehead atoms.